The van der Waals surface area contributed by atoms with Gasteiger partial charge in [0.05, 0.1) is 4.90 Å². The molecule has 0 radical (unpaired) electrons. The molecule has 2 rings (SSSR count). The molecule has 1 aromatic rings. The first-order valence-corrected chi connectivity index (χ1v) is 10.3. The lowest BCUT2D eigenvalue weighted by Crippen LogP contribution is -2.48. The maximum Gasteiger partial charge on any atom is 0.321 e. The van der Waals surface area contributed by atoms with Gasteiger partial charge in [-0.1, -0.05) is 19.8 Å². The standard InChI is InChI=1S/C17H26N4O5S/c1-12-6-4-5-7-14(12)18-17(24)19-15(22)11-21-10-13(8-9-16(21)23)27(25,26)20(2)3/h8-10,12,14H,4-7,11H2,1-3H3,(H2,18,19,22,24)/t12-,14+/m1/s1. The minimum atomic E-state index is -3.74. The summed E-state index contributed by atoms with van der Waals surface area (Å²) in [5.74, 6) is -0.354. The zero-order valence-electron chi connectivity index (χ0n) is 15.8. The first-order chi connectivity index (χ1) is 12.6. The van der Waals surface area contributed by atoms with E-state index in [1.807, 2.05) is 0 Å². The Morgan fingerprint density at radius 1 is 1.22 bits per heavy atom. The van der Waals surface area contributed by atoms with Crippen LogP contribution in [0.25, 0.3) is 0 Å². The van der Waals surface area contributed by atoms with Gasteiger partial charge in [-0.2, -0.15) is 0 Å². The maximum atomic E-state index is 12.2. The van der Waals surface area contributed by atoms with Crippen LogP contribution in [0.5, 0.6) is 0 Å². The highest BCUT2D eigenvalue weighted by molar-refractivity contribution is 7.89. The average molecular weight is 398 g/mol. The number of nitrogens with zero attached hydrogens (tertiary/aromatic N) is 2. The lowest BCUT2D eigenvalue weighted by atomic mass is 9.86. The molecule has 0 unspecified atom stereocenters. The molecular weight excluding hydrogens is 372 g/mol. The van der Waals surface area contributed by atoms with E-state index in [9.17, 15) is 22.8 Å². The number of carbonyl (C=O) groups excluding carboxylic acids is 2. The van der Waals surface area contributed by atoms with Crippen molar-refractivity contribution < 1.29 is 18.0 Å². The summed E-state index contributed by atoms with van der Waals surface area (Å²) in [6.45, 7) is 1.60. The Morgan fingerprint density at radius 2 is 1.89 bits per heavy atom. The summed E-state index contributed by atoms with van der Waals surface area (Å²) < 4.78 is 26.3. The fraction of sp³-hybridized carbons (Fsp3) is 0.588. The lowest BCUT2D eigenvalue weighted by Gasteiger charge is -2.29. The molecule has 27 heavy (non-hydrogen) atoms. The van der Waals surface area contributed by atoms with Crippen LogP contribution in [0.3, 0.4) is 0 Å². The van der Waals surface area contributed by atoms with Crippen LogP contribution in [0.1, 0.15) is 32.6 Å². The van der Waals surface area contributed by atoms with E-state index in [4.69, 9.17) is 0 Å². The second-order valence-electron chi connectivity index (χ2n) is 7.01. The molecule has 1 saturated carbocycles. The highest BCUT2D eigenvalue weighted by Crippen LogP contribution is 2.23. The predicted octanol–water partition coefficient (Wildman–Crippen LogP) is 0.503. The van der Waals surface area contributed by atoms with Crippen molar-refractivity contribution in [3.63, 3.8) is 0 Å². The summed E-state index contributed by atoms with van der Waals surface area (Å²) in [7, 11) is -0.999. The predicted molar refractivity (Wildman–Crippen MR) is 99.7 cm³/mol. The second-order valence-corrected chi connectivity index (χ2v) is 9.16. The quantitative estimate of drug-likeness (QED) is 0.749. The van der Waals surface area contributed by atoms with Gasteiger partial charge in [0.15, 0.2) is 0 Å². The van der Waals surface area contributed by atoms with Crippen LogP contribution in [-0.2, 0) is 21.4 Å². The Balaban J connectivity index is 2.03. The van der Waals surface area contributed by atoms with Gasteiger partial charge >= 0.3 is 6.03 Å². The Morgan fingerprint density at radius 3 is 2.52 bits per heavy atom. The molecule has 1 fully saturated rings. The third-order valence-electron chi connectivity index (χ3n) is 4.73. The van der Waals surface area contributed by atoms with Gasteiger partial charge in [-0.15, -0.1) is 0 Å². The molecule has 0 spiro atoms. The number of hydrogen-bond acceptors (Lipinski definition) is 5. The minimum absolute atomic E-state index is 0.0165. The van der Waals surface area contributed by atoms with Crippen LogP contribution in [0.4, 0.5) is 4.79 Å². The van der Waals surface area contributed by atoms with Gasteiger partial charge in [0.1, 0.15) is 6.54 Å². The molecule has 0 aliphatic heterocycles. The van der Waals surface area contributed by atoms with Crippen molar-refractivity contribution in [1.29, 1.82) is 0 Å². The van der Waals surface area contributed by atoms with E-state index < -0.39 is 34.1 Å². The summed E-state index contributed by atoms with van der Waals surface area (Å²) >= 11 is 0. The molecule has 2 atom stereocenters. The fourth-order valence-corrected chi connectivity index (χ4v) is 3.97. The van der Waals surface area contributed by atoms with Crippen molar-refractivity contribution in [2.45, 2.75) is 50.1 Å². The van der Waals surface area contributed by atoms with Gasteiger partial charge in [0.25, 0.3) is 5.56 Å². The first kappa shape index (κ1) is 21.1. The average Bonchev–Trinajstić information content (AvgIpc) is 2.58. The van der Waals surface area contributed by atoms with Crippen LogP contribution in [0, 0.1) is 5.92 Å². The number of hydrogen-bond donors (Lipinski definition) is 2. The molecule has 10 heteroatoms. The molecule has 0 aromatic carbocycles. The minimum Gasteiger partial charge on any atom is -0.335 e. The number of urea groups is 1. The molecule has 1 aromatic heterocycles. The molecule has 9 nitrogen and oxygen atoms in total. The van der Waals surface area contributed by atoms with Crippen molar-refractivity contribution in [2.75, 3.05) is 14.1 Å². The molecule has 1 aliphatic carbocycles. The van der Waals surface area contributed by atoms with Gasteiger partial charge < -0.3 is 9.88 Å². The van der Waals surface area contributed by atoms with Gasteiger partial charge in [-0.25, -0.2) is 17.5 Å². The number of rotatable bonds is 5. The van der Waals surface area contributed by atoms with E-state index in [0.717, 1.165) is 46.8 Å². The number of sulfonamides is 1. The van der Waals surface area contributed by atoms with Crippen LogP contribution in [-0.4, -0.2) is 49.4 Å². The van der Waals surface area contributed by atoms with Crippen LogP contribution >= 0.6 is 0 Å². The zero-order valence-corrected chi connectivity index (χ0v) is 16.6. The van der Waals surface area contributed by atoms with Crippen molar-refractivity contribution in [3.05, 3.63) is 28.7 Å². The summed E-state index contributed by atoms with van der Waals surface area (Å²) in [4.78, 5) is 35.9. The molecular formula is C17H26N4O5S. The summed E-state index contributed by atoms with van der Waals surface area (Å²) in [5.41, 5.74) is -0.538. The van der Waals surface area contributed by atoms with E-state index in [0.29, 0.717) is 5.92 Å². The Bertz CT molecular complexity index is 862. The monoisotopic (exact) mass is 398 g/mol. The first-order valence-electron chi connectivity index (χ1n) is 8.84. The topological polar surface area (TPSA) is 118 Å². The number of imide groups is 1. The number of pyridine rings is 1. The lowest BCUT2D eigenvalue weighted by molar-refractivity contribution is -0.120. The molecule has 0 saturated heterocycles. The van der Waals surface area contributed by atoms with Gasteiger partial charge in [-0.3, -0.25) is 14.9 Å². The third-order valence-corrected chi connectivity index (χ3v) is 6.53. The zero-order chi connectivity index (χ0) is 20.2. The van der Waals surface area contributed by atoms with Crippen molar-refractivity contribution >= 4 is 22.0 Å². The number of aromatic nitrogens is 1. The molecule has 2 N–H and O–H groups in total. The van der Waals surface area contributed by atoms with Gasteiger partial charge in [-0.05, 0) is 24.8 Å². The summed E-state index contributed by atoms with van der Waals surface area (Å²) in [6.07, 6.45) is 5.16. The Kier molecular flexibility index (Phi) is 6.77. The highest BCUT2D eigenvalue weighted by Gasteiger charge is 2.24. The van der Waals surface area contributed by atoms with E-state index in [1.165, 1.54) is 20.2 Å². The van der Waals surface area contributed by atoms with E-state index >= 15 is 0 Å². The SMILES string of the molecule is C[C@@H]1CCCC[C@@H]1NC(=O)NC(=O)Cn1cc(S(=O)(=O)N(C)C)ccc1=O. The molecule has 1 heterocycles. The van der Waals surface area contributed by atoms with Crippen molar-refractivity contribution in [1.82, 2.24) is 19.5 Å². The fourth-order valence-electron chi connectivity index (χ4n) is 3.05. The normalized spacial score (nSPS) is 20.3. The highest BCUT2D eigenvalue weighted by atomic mass is 32.2. The largest absolute Gasteiger partial charge is 0.335 e. The molecule has 3 amide bonds. The number of nitrogens with one attached hydrogen (secondary N) is 2. The molecule has 0 bridgehead atoms. The van der Waals surface area contributed by atoms with Crippen LogP contribution in [0.2, 0.25) is 0 Å². The van der Waals surface area contributed by atoms with Crippen LogP contribution < -0.4 is 16.2 Å². The van der Waals surface area contributed by atoms with Gasteiger partial charge in [0, 0.05) is 32.4 Å². The Hall–Kier alpha value is -2.20. The number of carbonyl (C=O) groups is 2. The van der Waals surface area contributed by atoms with E-state index in [2.05, 4.69) is 17.6 Å². The summed E-state index contributed by atoms with van der Waals surface area (Å²) in [5, 5.41) is 4.99. The summed E-state index contributed by atoms with van der Waals surface area (Å²) in [6, 6.07) is 1.67. The van der Waals surface area contributed by atoms with Crippen LogP contribution in [0.15, 0.2) is 28.0 Å². The maximum absolute atomic E-state index is 12.2. The third kappa shape index (κ3) is 5.39. The smallest absolute Gasteiger partial charge is 0.321 e. The molecule has 150 valence electrons. The van der Waals surface area contributed by atoms with Gasteiger partial charge in [0.2, 0.25) is 15.9 Å². The van der Waals surface area contributed by atoms with Crippen molar-refractivity contribution in [3.8, 4) is 0 Å². The number of amides is 3. The molecule has 1 aliphatic rings. The Labute approximate surface area is 158 Å². The second kappa shape index (κ2) is 8.66. The van der Waals surface area contributed by atoms with E-state index in [1.54, 1.807) is 0 Å². The van der Waals surface area contributed by atoms with Crippen molar-refractivity contribution in [2.24, 2.45) is 5.92 Å². The van der Waals surface area contributed by atoms with E-state index in [-0.39, 0.29) is 10.9 Å².